The van der Waals surface area contributed by atoms with Gasteiger partial charge in [-0.25, -0.2) is 4.98 Å². The molecule has 1 atom stereocenters. The van der Waals surface area contributed by atoms with Crippen LogP contribution in [0.5, 0.6) is 0 Å². The number of thiazole rings is 1. The molecule has 0 saturated heterocycles. The Labute approximate surface area is 153 Å². The molecule has 0 fully saturated rings. The molecule has 0 spiro atoms. The number of carbonyl (C=O) groups is 1. The van der Waals surface area contributed by atoms with Crippen LogP contribution in [0.3, 0.4) is 0 Å². The number of benzene rings is 1. The zero-order valence-corrected chi connectivity index (χ0v) is 15.7. The molecule has 122 valence electrons. The maximum Gasteiger partial charge on any atom is 0.263 e. The highest BCUT2D eigenvalue weighted by Gasteiger charge is 2.19. The third-order valence-electron chi connectivity index (χ3n) is 3.61. The number of nitrogens with zero attached hydrogens (tertiary/aromatic N) is 2. The second-order valence-electron chi connectivity index (χ2n) is 5.37. The van der Waals surface area contributed by atoms with Crippen molar-refractivity contribution in [1.29, 1.82) is 0 Å². The fourth-order valence-corrected chi connectivity index (χ4v) is 3.95. The van der Waals surface area contributed by atoms with Crippen molar-refractivity contribution in [1.82, 2.24) is 15.3 Å². The van der Waals surface area contributed by atoms with E-state index in [1.54, 1.807) is 6.20 Å². The van der Waals surface area contributed by atoms with Gasteiger partial charge in [-0.05, 0) is 37.6 Å². The lowest BCUT2D eigenvalue weighted by molar-refractivity contribution is 0.0943. The van der Waals surface area contributed by atoms with Crippen LogP contribution in [0.15, 0.2) is 53.1 Å². The maximum absolute atomic E-state index is 12.6. The Morgan fingerprint density at radius 1 is 1.21 bits per heavy atom. The topological polar surface area (TPSA) is 54.9 Å². The lowest BCUT2D eigenvalue weighted by Gasteiger charge is -2.15. The molecular weight excluding hydrogens is 386 g/mol. The number of hydrogen-bond acceptors (Lipinski definition) is 4. The van der Waals surface area contributed by atoms with E-state index in [1.807, 2.05) is 56.3 Å². The van der Waals surface area contributed by atoms with Crippen LogP contribution in [0.25, 0.3) is 10.7 Å². The normalized spacial score (nSPS) is 12.0. The summed E-state index contributed by atoms with van der Waals surface area (Å²) in [5.41, 5.74) is 2.54. The number of halogens is 1. The first-order valence-corrected chi connectivity index (χ1v) is 9.11. The summed E-state index contributed by atoms with van der Waals surface area (Å²) in [7, 11) is 0. The largest absolute Gasteiger partial charge is 0.345 e. The van der Waals surface area contributed by atoms with E-state index in [9.17, 15) is 4.79 Å². The highest BCUT2D eigenvalue weighted by molar-refractivity contribution is 9.10. The quantitative estimate of drug-likeness (QED) is 0.684. The number of pyridine rings is 1. The molecule has 3 rings (SSSR count). The molecule has 0 aliphatic heterocycles. The van der Waals surface area contributed by atoms with Crippen LogP contribution in [0.1, 0.15) is 33.9 Å². The average Bonchev–Trinajstić information content (AvgIpc) is 2.98. The van der Waals surface area contributed by atoms with Gasteiger partial charge in [-0.15, -0.1) is 11.3 Å². The Morgan fingerprint density at radius 3 is 2.67 bits per heavy atom. The van der Waals surface area contributed by atoms with Gasteiger partial charge < -0.3 is 5.32 Å². The molecule has 4 nitrogen and oxygen atoms in total. The van der Waals surface area contributed by atoms with E-state index in [0.29, 0.717) is 4.88 Å². The first-order valence-electron chi connectivity index (χ1n) is 7.50. The SMILES string of the molecule is Cc1nc(-c2ccccn2)sc1C(=O)N[C@@H](C)c1ccccc1Br. The number of carbonyl (C=O) groups excluding carboxylic acids is 1. The van der Waals surface area contributed by atoms with Gasteiger partial charge >= 0.3 is 0 Å². The van der Waals surface area contributed by atoms with Gasteiger partial charge in [0.2, 0.25) is 0 Å². The van der Waals surface area contributed by atoms with Crippen LogP contribution in [-0.4, -0.2) is 15.9 Å². The lowest BCUT2D eigenvalue weighted by atomic mass is 10.1. The summed E-state index contributed by atoms with van der Waals surface area (Å²) >= 11 is 4.89. The number of aromatic nitrogens is 2. The van der Waals surface area contributed by atoms with Crippen molar-refractivity contribution in [2.24, 2.45) is 0 Å². The summed E-state index contributed by atoms with van der Waals surface area (Å²) < 4.78 is 0.980. The third-order valence-corrected chi connectivity index (χ3v) is 5.51. The second-order valence-corrected chi connectivity index (χ2v) is 7.22. The van der Waals surface area contributed by atoms with E-state index in [2.05, 4.69) is 31.2 Å². The molecule has 0 bridgehead atoms. The number of aryl methyl sites for hydroxylation is 1. The van der Waals surface area contributed by atoms with Crippen LogP contribution in [0.2, 0.25) is 0 Å². The zero-order chi connectivity index (χ0) is 17.1. The predicted octanol–water partition coefficient (Wildman–Crippen LogP) is 4.77. The molecule has 1 aromatic carbocycles. The van der Waals surface area contributed by atoms with Crippen molar-refractivity contribution in [3.63, 3.8) is 0 Å². The minimum Gasteiger partial charge on any atom is -0.345 e. The van der Waals surface area contributed by atoms with Crippen LogP contribution in [0, 0.1) is 6.92 Å². The summed E-state index contributed by atoms with van der Waals surface area (Å²) in [5.74, 6) is -0.115. The van der Waals surface area contributed by atoms with Gasteiger partial charge in [0, 0.05) is 10.7 Å². The van der Waals surface area contributed by atoms with Crippen molar-refractivity contribution in [2.45, 2.75) is 19.9 Å². The van der Waals surface area contributed by atoms with Crippen LogP contribution in [-0.2, 0) is 0 Å². The van der Waals surface area contributed by atoms with Crippen molar-refractivity contribution in [3.8, 4) is 10.7 Å². The maximum atomic E-state index is 12.6. The van der Waals surface area contributed by atoms with Crippen LogP contribution < -0.4 is 5.32 Å². The standard InChI is InChI=1S/C18H16BrN3OS/c1-11(13-7-3-4-8-14(13)19)21-17(23)16-12(2)22-18(24-16)15-9-5-6-10-20-15/h3-11H,1-2H3,(H,21,23)/t11-/m0/s1. The fraction of sp³-hybridized carbons (Fsp3) is 0.167. The molecule has 24 heavy (non-hydrogen) atoms. The van der Waals surface area contributed by atoms with Crippen LogP contribution >= 0.6 is 27.3 Å². The van der Waals surface area contributed by atoms with Crippen molar-refractivity contribution in [2.75, 3.05) is 0 Å². The molecule has 1 amide bonds. The summed E-state index contributed by atoms with van der Waals surface area (Å²) in [6, 6.07) is 13.4. The minimum absolute atomic E-state index is 0.104. The number of hydrogen-bond donors (Lipinski definition) is 1. The highest BCUT2D eigenvalue weighted by atomic mass is 79.9. The predicted molar refractivity (Wildman–Crippen MR) is 100 cm³/mol. The van der Waals surface area contributed by atoms with Crippen molar-refractivity contribution in [3.05, 3.63) is 69.3 Å². The van der Waals surface area contributed by atoms with Gasteiger partial charge in [0.15, 0.2) is 0 Å². The Balaban J connectivity index is 1.81. The van der Waals surface area contributed by atoms with Gasteiger partial charge in [-0.3, -0.25) is 9.78 Å². The van der Waals surface area contributed by atoms with Crippen molar-refractivity contribution >= 4 is 33.2 Å². The Bertz CT molecular complexity index is 864. The first kappa shape index (κ1) is 16.8. The van der Waals surface area contributed by atoms with E-state index in [4.69, 9.17) is 0 Å². The Kier molecular flexibility index (Phi) is 5.06. The van der Waals surface area contributed by atoms with Gasteiger partial charge in [-0.1, -0.05) is 40.2 Å². The van der Waals surface area contributed by atoms with E-state index < -0.39 is 0 Å². The van der Waals surface area contributed by atoms with Crippen molar-refractivity contribution < 1.29 is 4.79 Å². The number of amides is 1. The minimum atomic E-state index is -0.115. The second kappa shape index (κ2) is 7.23. The monoisotopic (exact) mass is 401 g/mol. The van der Waals surface area contributed by atoms with Gasteiger partial charge in [0.1, 0.15) is 9.88 Å². The highest BCUT2D eigenvalue weighted by Crippen LogP contribution is 2.28. The van der Waals surface area contributed by atoms with Gasteiger partial charge in [-0.2, -0.15) is 0 Å². The Hall–Kier alpha value is -2.05. The van der Waals surface area contributed by atoms with Gasteiger partial charge in [0.25, 0.3) is 5.91 Å². The lowest BCUT2D eigenvalue weighted by Crippen LogP contribution is -2.26. The molecule has 6 heteroatoms. The third kappa shape index (κ3) is 3.55. The van der Waals surface area contributed by atoms with E-state index in [0.717, 1.165) is 26.4 Å². The summed E-state index contributed by atoms with van der Waals surface area (Å²) in [5, 5.41) is 3.80. The molecule has 2 aromatic heterocycles. The Morgan fingerprint density at radius 2 is 1.96 bits per heavy atom. The first-order chi connectivity index (χ1) is 11.6. The summed E-state index contributed by atoms with van der Waals surface area (Å²) in [6.45, 7) is 3.81. The number of rotatable bonds is 4. The van der Waals surface area contributed by atoms with E-state index in [-0.39, 0.29) is 11.9 Å². The van der Waals surface area contributed by atoms with E-state index in [1.165, 1.54) is 11.3 Å². The smallest absolute Gasteiger partial charge is 0.263 e. The molecule has 0 aliphatic carbocycles. The molecule has 1 N–H and O–H groups in total. The molecular formula is C18H16BrN3OS. The van der Waals surface area contributed by atoms with E-state index >= 15 is 0 Å². The zero-order valence-electron chi connectivity index (χ0n) is 13.3. The molecule has 0 radical (unpaired) electrons. The average molecular weight is 402 g/mol. The number of nitrogens with one attached hydrogen (secondary N) is 1. The fourth-order valence-electron chi connectivity index (χ4n) is 2.37. The molecule has 0 unspecified atom stereocenters. The summed E-state index contributed by atoms with van der Waals surface area (Å²) in [4.78, 5) is 22.0. The van der Waals surface area contributed by atoms with Gasteiger partial charge in [0.05, 0.1) is 17.4 Å². The molecule has 2 heterocycles. The molecule has 0 aliphatic rings. The molecule has 0 saturated carbocycles. The van der Waals surface area contributed by atoms with Crippen LogP contribution in [0.4, 0.5) is 0 Å². The summed E-state index contributed by atoms with van der Waals surface area (Å²) in [6.07, 6.45) is 1.72. The molecule has 3 aromatic rings.